The fraction of sp³-hybridized carbons (Fsp3) is 0.600. The standard InChI is InChI=1S/C15H22FN/c1-11(2)13-8-7-12(10-14(13)16)15-6-4-5-9-17(15)3/h7-8,10-11,15H,4-6,9H2,1-3H3. The van der Waals surface area contributed by atoms with Crippen molar-refractivity contribution in [2.45, 2.75) is 45.1 Å². The summed E-state index contributed by atoms with van der Waals surface area (Å²) in [5.41, 5.74) is 1.96. The minimum atomic E-state index is -0.0449. The van der Waals surface area contributed by atoms with E-state index in [9.17, 15) is 4.39 Å². The van der Waals surface area contributed by atoms with E-state index in [0.29, 0.717) is 6.04 Å². The average molecular weight is 235 g/mol. The van der Waals surface area contributed by atoms with Gasteiger partial charge in [-0.2, -0.15) is 0 Å². The Morgan fingerprint density at radius 2 is 2.06 bits per heavy atom. The number of benzene rings is 1. The van der Waals surface area contributed by atoms with Gasteiger partial charge < -0.3 is 0 Å². The second kappa shape index (κ2) is 5.18. The van der Waals surface area contributed by atoms with Crippen molar-refractivity contribution in [3.05, 3.63) is 35.1 Å². The molecule has 1 aliphatic heterocycles. The Bertz CT molecular complexity index is 387. The molecule has 0 amide bonds. The summed E-state index contributed by atoms with van der Waals surface area (Å²) in [6, 6.07) is 6.20. The number of piperidine rings is 1. The van der Waals surface area contributed by atoms with Crippen LogP contribution in [0.5, 0.6) is 0 Å². The molecule has 1 saturated heterocycles. The molecule has 1 aliphatic rings. The van der Waals surface area contributed by atoms with Crippen LogP contribution >= 0.6 is 0 Å². The first-order chi connectivity index (χ1) is 8.09. The summed E-state index contributed by atoms with van der Waals surface area (Å²) in [6.45, 7) is 5.19. The van der Waals surface area contributed by atoms with Gasteiger partial charge in [0.25, 0.3) is 0 Å². The third-order valence-electron chi connectivity index (χ3n) is 3.80. The highest BCUT2D eigenvalue weighted by atomic mass is 19.1. The van der Waals surface area contributed by atoms with Crippen LogP contribution < -0.4 is 0 Å². The van der Waals surface area contributed by atoms with Crippen molar-refractivity contribution in [3.63, 3.8) is 0 Å². The molecule has 0 aliphatic carbocycles. The van der Waals surface area contributed by atoms with Crippen LogP contribution in [-0.4, -0.2) is 18.5 Å². The lowest BCUT2D eigenvalue weighted by molar-refractivity contribution is 0.187. The smallest absolute Gasteiger partial charge is 0.126 e. The maximum Gasteiger partial charge on any atom is 0.126 e. The lowest BCUT2D eigenvalue weighted by atomic mass is 9.93. The van der Waals surface area contributed by atoms with E-state index in [4.69, 9.17) is 0 Å². The largest absolute Gasteiger partial charge is 0.299 e. The Morgan fingerprint density at radius 3 is 2.65 bits per heavy atom. The van der Waals surface area contributed by atoms with Crippen LogP contribution in [-0.2, 0) is 0 Å². The Morgan fingerprint density at radius 1 is 1.29 bits per heavy atom. The Kier molecular flexibility index (Phi) is 3.82. The highest BCUT2D eigenvalue weighted by Crippen LogP contribution is 2.31. The van der Waals surface area contributed by atoms with Gasteiger partial charge in [-0.3, -0.25) is 4.90 Å². The molecule has 2 heteroatoms. The molecule has 0 N–H and O–H groups in total. The fourth-order valence-electron chi connectivity index (χ4n) is 2.72. The van der Waals surface area contributed by atoms with Crippen LogP contribution in [0.3, 0.4) is 0 Å². The van der Waals surface area contributed by atoms with Gasteiger partial charge in [-0.1, -0.05) is 32.4 Å². The van der Waals surface area contributed by atoms with Crippen molar-refractivity contribution in [3.8, 4) is 0 Å². The first-order valence-corrected chi connectivity index (χ1v) is 6.59. The number of nitrogens with zero attached hydrogens (tertiary/aromatic N) is 1. The Hall–Kier alpha value is -0.890. The molecule has 0 bridgehead atoms. The highest BCUT2D eigenvalue weighted by molar-refractivity contribution is 5.28. The monoisotopic (exact) mass is 235 g/mol. The van der Waals surface area contributed by atoms with Crippen molar-refractivity contribution in [2.75, 3.05) is 13.6 Å². The summed E-state index contributed by atoms with van der Waals surface area (Å²) in [5, 5.41) is 0. The molecule has 0 radical (unpaired) electrons. The zero-order chi connectivity index (χ0) is 12.4. The molecule has 0 spiro atoms. The summed E-state index contributed by atoms with van der Waals surface area (Å²) in [6.07, 6.45) is 3.67. The van der Waals surface area contributed by atoms with Crippen LogP contribution in [0.2, 0.25) is 0 Å². The third-order valence-corrected chi connectivity index (χ3v) is 3.80. The van der Waals surface area contributed by atoms with Gasteiger partial charge in [-0.25, -0.2) is 4.39 Å². The van der Waals surface area contributed by atoms with E-state index < -0.39 is 0 Å². The molecule has 1 heterocycles. The molecular weight excluding hydrogens is 213 g/mol. The van der Waals surface area contributed by atoms with Crippen LogP contribution in [0.4, 0.5) is 4.39 Å². The Labute approximate surface area is 104 Å². The summed E-state index contributed by atoms with van der Waals surface area (Å²) < 4.78 is 14.0. The lowest BCUT2D eigenvalue weighted by Crippen LogP contribution is -2.29. The van der Waals surface area contributed by atoms with E-state index in [-0.39, 0.29) is 11.7 Å². The molecule has 0 saturated carbocycles. The van der Waals surface area contributed by atoms with Crippen LogP contribution in [0.1, 0.15) is 56.2 Å². The molecular formula is C15H22FN. The first kappa shape index (κ1) is 12.6. The van der Waals surface area contributed by atoms with Crippen molar-refractivity contribution in [1.29, 1.82) is 0 Å². The zero-order valence-electron chi connectivity index (χ0n) is 11.0. The number of hydrogen-bond acceptors (Lipinski definition) is 1. The number of hydrogen-bond donors (Lipinski definition) is 0. The quantitative estimate of drug-likeness (QED) is 0.745. The highest BCUT2D eigenvalue weighted by Gasteiger charge is 2.21. The molecule has 1 aromatic rings. The molecule has 1 aromatic carbocycles. The van der Waals surface area contributed by atoms with Gasteiger partial charge in [0.15, 0.2) is 0 Å². The minimum absolute atomic E-state index is 0.0449. The minimum Gasteiger partial charge on any atom is -0.299 e. The van der Waals surface area contributed by atoms with Gasteiger partial charge in [0.05, 0.1) is 0 Å². The zero-order valence-corrected chi connectivity index (χ0v) is 11.0. The van der Waals surface area contributed by atoms with Crippen LogP contribution in [0.15, 0.2) is 18.2 Å². The maximum absolute atomic E-state index is 14.0. The van der Waals surface area contributed by atoms with Gasteiger partial charge in [-0.05, 0) is 49.5 Å². The maximum atomic E-state index is 14.0. The summed E-state index contributed by atoms with van der Waals surface area (Å²) in [7, 11) is 2.14. The number of likely N-dealkylation sites (tertiary alicyclic amines) is 1. The van der Waals surface area contributed by atoms with Gasteiger partial charge in [0, 0.05) is 6.04 Å². The molecule has 1 unspecified atom stereocenters. The molecule has 94 valence electrons. The van der Waals surface area contributed by atoms with E-state index in [2.05, 4.69) is 18.0 Å². The van der Waals surface area contributed by atoms with Gasteiger partial charge in [0.2, 0.25) is 0 Å². The number of halogens is 1. The SMILES string of the molecule is CC(C)c1ccc(C2CCCCN2C)cc1F. The van der Waals surface area contributed by atoms with Crippen LogP contribution in [0.25, 0.3) is 0 Å². The summed E-state index contributed by atoms with van der Waals surface area (Å²) in [5.74, 6) is 0.213. The van der Waals surface area contributed by atoms with E-state index in [1.165, 1.54) is 12.8 Å². The summed E-state index contributed by atoms with van der Waals surface area (Å²) >= 11 is 0. The van der Waals surface area contributed by atoms with Crippen LogP contribution in [0, 0.1) is 5.82 Å². The third kappa shape index (κ3) is 2.68. The van der Waals surface area contributed by atoms with E-state index in [1.54, 1.807) is 6.07 Å². The van der Waals surface area contributed by atoms with Gasteiger partial charge >= 0.3 is 0 Å². The Balaban J connectivity index is 2.24. The summed E-state index contributed by atoms with van der Waals surface area (Å²) in [4.78, 5) is 2.34. The first-order valence-electron chi connectivity index (χ1n) is 6.59. The van der Waals surface area contributed by atoms with Crippen molar-refractivity contribution in [2.24, 2.45) is 0 Å². The topological polar surface area (TPSA) is 3.24 Å². The molecule has 1 atom stereocenters. The lowest BCUT2D eigenvalue weighted by Gasteiger charge is -2.33. The number of rotatable bonds is 2. The molecule has 0 aromatic heterocycles. The second-order valence-electron chi connectivity index (χ2n) is 5.43. The molecule has 1 fully saturated rings. The average Bonchev–Trinajstić information content (AvgIpc) is 2.29. The van der Waals surface area contributed by atoms with Crippen molar-refractivity contribution < 1.29 is 4.39 Å². The molecule has 2 rings (SSSR count). The second-order valence-corrected chi connectivity index (χ2v) is 5.43. The van der Waals surface area contributed by atoms with Crippen molar-refractivity contribution >= 4 is 0 Å². The van der Waals surface area contributed by atoms with Gasteiger partial charge in [0.1, 0.15) is 5.82 Å². The molecule has 1 nitrogen and oxygen atoms in total. The predicted octanol–water partition coefficient (Wildman–Crippen LogP) is 4.11. The predicted molar refractivity (Wildman–Crippen MR) is 69.7 cm³/mol. The van der Waals surface area contributed by atoms with Gasteiger partial charge in [-0.15, -0.1) is 0 Å². The molecule has 17 heavy (non-hydrogen) atoms. The normalized spacial score (nSPS) is 22.1. The van der Waals surface area contributed by atoms with E-state index in [1.807, 2.05) is 19.9 Å². The fourth-order valence-corrected chi connectivity index (χ4v) is 2.72. The van der Waals surface area contributed by atoms with Crippen molar-refractivity contribution in [1.82, 2.24) is 4.90 Å². The van der Waals surface area contributed by atoms with E-state index >= 15 is 0 Å². The van der Waals surface area contributed by atoms with E-state index in [0.717, 1.165) is 24.1 Å².